The Hall–Kier alpha value is -3.00. The summed E-state index contributed by atoms with van der Waals surface area (Å²) in [5.74, 6) is 0.892. The topological polar surface area (TPSA) is 85.0 Å². The number of benzene rings is 1. The summed E-state index contributed by atoms with van der Waals surface area (Å²) >= 11 is 0. The maximum absolute atomic E-state index is 13.5. The van der Waals surface area contributed by atoms with E-state index in [9.17, 15) is 14.3 Å². The van der Waals surface area contributed by atoms with Gasteiger partial charge in [-0.3, -0.25) is 9.13 Å². The average molecular weight is 440 g/mol. The first-order chi connectivity index (χ1) is 15.3. The molecule has 2 heterocycles. The maximum Gasteiger partial charge on any atom is 0.333 e. The summed E-state index contributed by atoms with van der Waals surface area (Å²) in [4.78, 5) is 22.4. The van der Waals surface area contributed by atoms with E-state index in [0.717, 1.165) is 18.8 Å². The van der Waals surface area contributed by atoms with Crippen molar-refractivity contribution < 1.29 is 9.50 Å². The van der Waals surface area contributed by atoms with Gasteiger partial charge in [-0.25, -0.2) is 19.2 Å². The lowest BCUT2D eigenvalue weighted by atomic mass is 9.87. The standard InChI is InChI=1S/C24H30FN5O2/c1-16-4-8-18(9-5-16)27-22-26-13-12-20(28-22)21-14-29(24(2,3)15-31)23(32)30(21)19-10-6-17(25)7-11-19/h6-7,10-14,16,18,31H,4-5,8-9,15H2,1-3H3,(H,26,27,28). The third-order valence-electron chi connectivity index (χ3n) is 6.28. The smallest absolute Gasteiger partial charge is 0.333 e. The molecule has 1 aliphatic carbocycles. The Morgan fingerprint density at radius 1 is 1.16 bits per heavy atom. The van der Waals surface area contributed by atoms with Crippen LogP contribution in [-0.2, 0) is 5.54 Å². The number of halogens is 1. The summed E-state index contributed by atoms with van der Waals surface area (Å²) in [6, 6.07) is 7.83. The van der Waals surface area contributed by atoms with Crippen LogP contribution in [0.2, 0.25) is 0 Å². The molecule has 1 aromatic carbocycles. The normalized spacial score (nSPS) is 19.2. The minimum atomic E-state index is -0.815. The SMILES string of the molecule is CC1CCC(Nc2nccc(-c3cn(C(C)(C)CO)c(=O)n3-c3ccc(F)cc3)n2)CC1. The molecule has 0 amide bonds. The molecular formula is C24H30FN5O2. The number of anilines is 1. The molecule has 0 radical (unpaired) electrons. The molecule has 0 saturated heterocycles. The highest BCUT2D eigenvalue weighted by atomic mass is 19.1. The van der Waals surface area contributed by atoms with Crippen LogP contribution < -0.4 is 11.0 Å². The van der Waals surface area contributed by atoms with Gasteiger partial charge in [0.15, 0.2) is 0 Å². The number of hydrogen-bond donors (Lipinski definition) is 2. The fourth-order valence-corrected chi connectivity index (χ4v) is 4.13. The largest absolute Gasteiger partial charge is 0.394 e. The van der Waals surface area contributed by atoms with Crippen molar-refractivity contribution in [1.82, 2.24) is 19.1 Å². The van der Waals surface area contributed by atoms with Crippen LogP contribution in [0, 0.1) is 11.7 Å². The number of nitrogens with one attached hydrogen (secondary N) is 1. The molecule has 1 aliphatic rings. The molecule has 0 atom stereocenters. The summed E-state index contributed by atoms with van der Waals surface area (Å²) in [5, 5.41) is 13.3. The van der Waals surface area contributed by atoms with Crippen LogP contribution in [-0.4, -0.2) is 36.9 Å². The lowest BCUT2D eigenvalue weighted by molar-refractivity contribution is 0.161. The Morgan fingerprint density at radius 2 is 1.84 bits per heavy atom. The first-order valence-electron chi connectivity index (χ1n) is 11.1. The molecule has 0 bridgehead atoms. The monoisotopic (exact) mass is 439 g/mol. The number of nitrogens with zero attached hydrogens (tertiary/aromatic N) is 4. The Morgan fingerprint density at radius 3 is 2.50 bits per heavy atom. The molecule has 170 valence electrons. The van der Waals surface area contributed by atoms with E-state index in [-0.39, 0.29) is 18.1 Å². The van der Waals surface area contributed by atoms with Gasteiger partial charge in [-0.15, -0.1) is 0 Å². The maximum atomic E-state index is 13.5. The van der Waals surface area contributed by atoms with E-state index in [1.54, 1.807) is 44.4 Å². The molecule has 1 saturated carbocycles. The van der Waals surface area contributed by atoms with Gasteiger partial charge in [-0.2, -0.15) is 0 Å². The highest BCUT2D eigenvalue weighted by Gasteiger charge is 2.26. The average Bonchev–Trinajstić information content (AvgIpc) is 3.14. The summed E-state index contributed by atoms with van der Waals surface area (Å²) in [5.41, 5.74) is 0.490. The van der Waals surface area contributed by atoms with Gasteiger partial charge in [0.05, 0.1) is 29.2 Å². The Bertz CT molecular complexity index is 1130. The van der Waals surface area contributed by atoms with Crippen LogP contribution in [0.4, 0.5) is 10.3 Å². The van der Waals surface area contributed by atoms with Crippen molar-refractivity contribution in [2.45, 2.75) is 58.0 Å². The van der Waals surface area contributed by atoms with E-state index in [0.29, 0.717) is 29.1 Å². The van der Waals surface area contributed by atoms with Gasteiger partial charge in [-0.05, 0) is 75.8 Å². The molecular weight excluding hydrogens is 409 g/mol. The second kappa shape index (κ2) is 8.86. The van der Waals surface area contributed by atoms with E-state index in [1.807, 2.05) is 0 Å². The summed E-state index contributed by atoms with van der Waals surface area (Å²) < 4.78 is 16.5. The zero-order chi connectivity index (χ0) is 22.9. The lowest BCUT2D eigenvalue weighted by Crippen LogP contribution is -2.39. The van der Waals surface area contributed by atoms with Crippen LogP contribution in [0.25, 0.3) is 17.1 Å². The minimum Gasteiger partial charge on any atom is -0.394 e. The van der Waals surface area contributed by atoms with E-state index in [1.165, 1.54) is 34.1 Å². The third kappa shape index (κ3) is 4.46. The predicted molar refractivity (Wildman–Crippen MR) is 122 cm³/mol. The van der Waals surface area contributed by atoms with Crippen molar-refractivity contribution in [2.75, 3.05) is 11.9 Å². The fraction of sp³-hybridized carbons (Fsp3) is 0.458. The number of aromatic nitrogens is 4. The first kappa shape index (κ1) is 22.2. The summed E-state index contributed by atoms with van der Waals surface area (Å²) in [6.07, 6.45) is 7.88. The van der Waals surface area contributed by atoms with Crippen LogP contribution in [0.3, 0.4) is 0 Å². The minimum absolute atomic E-state index is 0.212. The van der Waals surface area contributed by atoms with Gasteiger partial charge in [0, 0.05) is 18.4 Å². The van der Waals surface area contributed by atoms with Crippen molar-refractivity contribution in [3.63, 3.8) is 0 Å². The van der Waals surface area contributed by atoms with E-state index >= 15 is 0 Å². The van der Waals surface area contributed by atoms with Gasteiger partial charge in [0.2, 0.25) is 5.95 Å². The van der Waals surface area contributed by atoms with Crippen molar-refractivity contribution >= 4 is 5.95 Å². The number of aliphatic hydroxyl groups excluding tert-OH is 1. The molecule has 8 heteroatoms. The van der Waals surface area contributed by atoms with Gasteiger partial charge < -0.3 is 10.4 Å². The van der Waals surface area contributed by atoms with Crippen molar-refractivity contribution in [2.24, 2.45) is 5.92 Å². The van der Waals surface area contributed by atoms with Crippen molar-refractivity contribution in [1.29, 1.82) is 0 Å². The number of hydrogen-bond acceptors (Lipinski definition) is 5. The first-order valence-corrected chi connectivity index (χ1v) is 11.1. The van der Waals surface area contributed by atoms with Crippen LogP contribution in [0.5, 0.6) is 0 Å². The summed E-state index contributed by atoms with van der Waals surface area (Å²) in [6.45, 7) is 5.63. The second-order valence-electron chi connectivity index (χ2n) is 9.32. The van der Waals surface area contributed by atoms with Crippen molar-refractivity contribution in [3.05, 3.63) is 59.0 Å². The Labute approximate surface area is 187 Å². The molecule has 0 unspecified atom stereocenters. The van der Waals surface area contributed by atoms with Crippen molar-refractivity contribution in [3.8, 4) is 17.1 Å². The molecule has 3 aromatic rings. The lowest BCUT2D eigenvalue weighted by Gasteiger charge is -2.26. The molecule has 2 N–H and O–H groups in total. The molecule has 0 aliphatic heterocycles. The molecule has 2 aromatic heterocycles. The molecule has 32 heavy (non-hydrogen) atoms. The van der Waals surface area contributed by atoms with Gasteiger partial charge >= 0.3 is 5.69 Å². The molecule has 1 fully saturated rings. The zero-order valence-corrected chi connectivity index (χ0v) is 18.8. The third-order valence-corrected chi connectivity index (χ3v) is 6.28. The second-order valence-corrected chi connectivity index (χ2v) is 9.32. The molecule has 4 rings (SSSR count). The fourth-order valence-electron chi connectivity index (χ4n) is 4.13. The number of imidazole rings is 1. The van der Waals surface area contributed by atoms with Crippen LogP contribution >= 0.6 is 0 Å². The Balaban J connectivity index is 1.76. The van der Waals surface area contributed by atoms with Gasteiger partial charge in [-0.1, -0.05) is 6.92 Å². The highest BCUT2D eigenvalue weighted by molar-refractivity contribution is 5.59. The van der Waals surface area contributed by atoms with E-state index < -0.39 is 5.54 Å². The van der Waals surface area contributed by atoms with E-state index in [2.05, 4.69) is 17.2 Å². The van der Waals surface area contributed by atoms with Crippen LogP contribution in [0.15, 0.2) is 47.5 Å². The van der Waals surface area contributed by atoms with Gasteiger partial charge in [0.25, 0.3) is 0 Å². The molecule has 0 spiro atoms. The number of aliphatic hydroxyl groups is 1. The quantitative estimate of drug-likeness (QED) is 0.607. The zero-order valence-electron chi connectivity index (χ0n) is 18.8. The highest BCUT2D eigenvalue weighted by Crippen LogP contribution is 2.27. The number of rotatable bonds is 6. The van der Waals surface area contributed by atoms with E-state index in [4.69, 9.17) is 4.98 Å². The predicted octanol–water partition coefficient (Wildman–Crippen LogP) is 3.95. The molecule has 7 nitrogen and oxygen atoms in total. The van der Waals surface area contributed by atoms with Crippen LogP contribution in [0.1, 0.15) is 46.5 Å². The Kier molecular flexibility index (Phi) is 6.15. The van der Waals surface area contributed by atoms with Gasteiger partial charge in [0.1, 0.15) is 5.82 Å². The summed E-state index contributed by atoms with van der Waals surface area (Å²) in [7, 11) is 0.